The van der Waals surface area contributed by atoms with E-state index < -0.39 is 0 Å². The van der Waals surface area contributed by atoms with Gasteiger partial charge in [0.15, 0.2) is 0 Å². The molecule has 0 spiro atoms. The van der Waals surface area contributed by atoms with Gasteiger partial charge in [-0.1, -0.05) is 42.5 Å². The highest BCUT2D eigenvalue weighted by Crippen LogP contribution is 2.29. The Morgan fingerprint density at radius 3 is 2.49 bits per heavy atom. The summed E-state index contributed by atoms with van der Waals surface area (Å²) in [5.74, 6) is 0.980. The van der Waals surface area contributed by atoms with Gasteiger partial charge in [-0.2, -0.15) is 5.10 Å². The number of likely N-dealkylation sites (tertiary alicyclic amines) is 1. The quantitative estimate of drug-likeness (QED) is 0.364. The average molecular weight is 497 g/mol. The van der Waals surface area contributed by atoms with Crippen molar-refractivity contribution in [1.82, 2.24) is 19.6 Å². The molecule has 5 rings (SSSR count). The van der Waals surface area contributed by atoms with Crippen LogP contribution >= 0.6 is 0 Å². The standard InChI is InChI=1S/C30H32N4O3/c1-32-16-15-26(31-32)30(36)33(2)27(20-22-8-4-3-5-9-22)23-13-17-34(18-14-23)29(35)25-11-6-10-24(21-25)28-12-7-19-37-28/h3-12,15-16,19,21,23,27H,13-14,17-18,20H2,1-2H3. The minimum Gasteiger partial charge on any atom is -0.464 e. The molecule has 0 N–H and O–H groups in total. The Kier molecular flexibility index (Phi) is 7.21. The molecule has 0 saturated carbocycles. The second kappa shape index (κ2) is 10.9. The number of hydrogen-bond acceptors (Lipinski definition) is 4. The van der Waals surface area contributed by atoms with Crippen LogP contribution in [-0.4, -0.2) is 57.6 Å². The summed E-state index contributed by atoms with van der Waals surface area (Å²) in [6.45, 7) is 1.32. The normalized spacial score (nSPS) is 14.9. The second-order valence-corrected chi connectivity index (χ2v) is 9.74. The number of likely N-dealkylation sites (N-methyl/N-ethyl adjacent to an activating group) is 1. The first-order valence-electron chi connectivity index (χ1n) is 12.7. The molecule has 7 heteroatoms. The summed E-state index contributed by atoms with van der Waals surface area (Å²) in [4.78, 5) is 30.4. The largest absolute Gasteiger partial charge is 0.464 e. The van der Waals surface area contributed by atoms with E-state index in [1.165, 1.54) is 5.56 Å². The molecule has 1 saturated heterocycles. The number of aromatic nitrogens is 2. The van der Waals surface area contributed by atoms with Gasteiger partial charge in [0.05, 0.1) is 6.26 Å². The van der Waals surface area contributed by atoms with Crippen LogP contribution in [0.5, 0.6) is 0 Å². The van der Waals surface area contributed by atoms with Crippen molar-refractivity contribution in [2.75, 3.05) is 20.1 Å². The number of carbonyl (C=O) groups is 2. The molecular weight excluding hydrogens is 464 g/mol. The van der Waals surface area contributed by atoms with E-state index in [1.54, 1.807) is 23.2 Å². The zero-order valence-electron chi connectivity index (χ0n) is 21.3. The first-order valence-corrected chi connectivity index (χ1v) is 12.7. The number of aryl methyl sites for hydroxylation is 1. The Hall–Kier alpha value is -4.13. The Morgan fingerprint density at radius 2 is 1.81 bits per heavy atom. The molecule has 1 atom stereocenters. The van der Waals surface area contributed by atoms with Crippen molar-refractivity contribution in [2.45, 2.75) is 25.3 Å². The van der Waals surface area contributed by atoms with Crippen LogP contribution in [-0.2, 0) is 13.5 Å². The molecular formula is C30H32N4O3. The lowest BCUT2D eigenvalue weighted by Gasteiger charge is -2.40. The fourth-order valence-corrected chi connectivity index (χ4v) is 5.25. The summed E-state index contributed by atoms with van der Waals surface area (Å²) in [6.07, 6.45) is 5.86. The van der Waals surface area contributed by atoms with Crippen LogP contribution in [0.25, 0.3) is 11.3 Å². The highest BCUT2D eigenvalue weighted by Gasteiger charge is 2.34. The molecule has 37 heavy (non-hydrogen) atoms. The molecule has 0 bridgehead atoms. The van der Waals surface area contributed by atoms with Crippen LogP contribution in [0, 0.1) is 5.92 Å². The zero-order chi connectivity index (χ0) is 25.8. The molecule has 2 aromatic heterocycles. The second-order valence-electron chi connectivity index (χ2n) is 9.74. The molecule has 1 aliphatic heterocycles. The summed E-state index contributed by atoms with van der Waals surface area (Å²) < 4.78 is 7.15. The summed E-state index contributed by atoms with van der Waals surface area (Å²) in [7, 11) is 3.69. The highest BCUT2D eigenvalue weighted by atomic mass is 16.3. The summed E-state index contributed by atoms with van der Waals surface area (Å²) in [5, 5.41) is 4.33. The van der Waals surface area contributed by atoms with Gasteiger partial charge in [-0.05, 0) is 61.1 Å². The summed E-state index contributed by atoms with van der Waals surface area (Å²) in [5.41, 5.74) is 3.20. The van der Waals surface area contributed by atoms with Crippen molar-refractivity contribution in [3.63, 3.8) is 0 Å². The topological polar surface area (TPSA) is 71.6 Å². The van der Waals surface area contributed by atoms with E-state index in [9.17, 15) is 9.59 Å². The molecule has 0 radical (unpaired) electrons. The van der Waals surface area contributed by atoms with E-state index in [2.05, 4.69) is 17.2 Å². The molecule has 0 aliphatic carbocycles. The molecule has 3 heterocycles. The zero-order valence-corrected chi connectivity index (χ0v) is 21.3. The number of nitrogens with zero attached hydrogens (tertiary/aromatic N) is 4. The summed E-state index contributed by atoms with van der Waals surface area (Å²) >= 11 is 0. The van der Waals surface area contributed by atoms with E-state index in [0.29, 0.717) is 24.3 Å². The number of rotatable bonds is 7. The first kappa shape index (κ1) is 24.6. The number of carbonyl (C=O) groups excluding carboxylic acids is 2. The van der Waals surface area contributed by atoms with E-state index in [0.717, 1.165) is 30.6 Å². The van der Waals surface area contributed by atoms with Gasteiger partial charge < -0.3 is 14.2 Å². The van der Waals surface area contributed by atoms with E-state index in [4.69, 9.17) is 4.42 Å². The van der Waals surface area contributed by atoms with E-state index in [-0.39, 0.29) is 23.8 Å². The van der Waals surface area contributed by atoms with Crippen LogP contribution in [0.4, 0.5) is 0 Å². The van der Waals surface area contributed by atoms with Crippen LogP contribution in [0.1, 0.15) is 39.3 Å². The smallest absolute Gasteiger partial charge is 0.274 e. The van der Waals surface area contributed by atoms with Gasteiger partial charge in [-0.15, -0.1) is 0 Å². The van der Waals surface area contributed by atoms with Crippen LogP contribution in [0.2, 0.25) is 0 Å². The van der Waals surface area contributed by atoms with Gasteiger partial charge >= 0.3 is 0 Å². The third kappa shape index (κ3) is 5.50. The Labute approximate surface area is 217 Å². The highest BCUT2D eigenvalue weighted by molar-refractivity contribution is 5.95. The molecule has 1 fully saturated rings. The lowest BCUT2D eigenvalue weighted by atomic mass is 9.84. The predicted octanol–water partition coefficient (Wildman–Crippen LogP) is 4.92. The maximum absolute atomic E-state index is 13.3. The van der Waals surface area contributed by atoms with Crippen molar-refractivity contribution in [1.29, 1.82) is 0 Å². The number of amides is 2. The molecule has 190 valence electrons. The van der Waals surface area contributed by atoms with Gasteiger partial charge in [0.1, 0.15) is 11.5 Å². The fraction of sp³-hybridized carbons (Fsp3) is 0.300. The lowest BCUT2D eigenvalue weighted by Crippen LogP contribution is -2.48. The van der Waals surface area contributed by atoms with Crippen LogP contribution in [0.3, 0.4) is 0 Å². The number of furan rings is 1. The average Bonchev–Trinajstić information content (AvgIpc) is 3.64. The molecule has 4 aromatic rings. The first-order chi connectivity index (χ1) is 18.0. The number of benzene rings is 2. The van der Waals surface area contributed by atoms with Crippen molar-refractivity contribution >= 4 is 11.8 Å². The molecule has 1 unspecified atom stereocenters. The number of piperidine rings is 1. The number of hydrogen-bond donors (Lipinski definition) is 0. The minimum atomic E-state index is -0.0743. The van der Waals surface area contributed by atoms with Gasteiger partial charge in [-0.25, -0.2) is 0 Å². The molecule has 7 nitrogen and oxygen atoms in total. The van der Waals surface area contributed by atoms with Gasteiger partial charge in [0, 0.05) is 50.6 Å². The van der Waals surface area contributed by atoms with Crippen molar-refractivity contribution in [3.8, 4) is 11.3 Å². The Balaban J connectivity index is 1.30. The Bertz CT molecular complexity index is 1340. The maximum atomic E-state index is 13.3. The molecule has 2 aromatic carbocycles. The Morgan fingerprint density at radius 1 is 1.03 bits per heavy atom. The fourth-order valence-electron chi connectivity index (χ4n) is 5.25. The van der Waals surface area contributed by atoms with Crippen molar-refractivity contribution in [3.05, 3.63) is 102 Å². The lowest BCUT2D eigenvalue weighted by molar-refractivity contribution is 0.0519. The monoisotopic (exact) mass is 496 g/mol. The van der Waals surface area contributed by atoms with Crippen molar-refractivity contribution < 1.29 is 14.0 Å². The van der Waals surface area contributed by atoms with Gasteiger partial charge in [0.2, 0.25) is 0 Å². The van der Waals surface area contributed by atoms with E-state index >= 15 is 0 Å². The van der Waals surface area contributed by atoms with Crippen LogP contribution < -0.4 is 0 Å². The minimum absolute atomic E-state index is 0.0106. The SMILES string of the molecule is CN(C(=O)c1ccn(C)n1)C(Cc1ccccc1)C1CCN(C(=O)c2cccc(-c3ccco3)c2)CC1. The third-order valence-electron chi connectivity index (χ3n) is 7.32. The van der Waals surface area contributed by atoms with Crippen molar-refractivity contribution in [2.24, 2.45) is 13.0 Å². The van der Waals surface area contributed by atoms with Gasteiger partial charge in [-0.3, -0.25) is 14.3 Å². The molecule has 2 amide bonds. The van der Waals surface area contributed by atoms with Gasteiger partial charge in [0.25, 0.3) is 11.8 Å². The van der Waals surface area contributed by atoms with E-state index in [1.807, 2.05) is 78.5 Å². The third-order valence-corrected chi connectivity index (χ3v) is 7.32. The molecule has 1 aliphatic rings. The maximum Gasteiger partial charge on any atom is 0.274 e. The predicted molar refractivity (Wildman–Crippen MR) is 142 cm³/mol. The van der Waals surface area contributed by atoms with Crippen LogP contribution in [0.15, 0.2) is 89.7 Å². The summed E-state index contributed by atoms with van der Waals surface area (Å²) in [6, 6.07) is 23.4.